The summed E-state index contributed by atoms with van der Waals surface area (Å²) in [4.78, 5) is 22.5. The minimum atomic E-state index is -0.700. The van der Waals surface area contributed by atoms with Crippen molar-refractivity contribution in [3.63, 3.8) is 0 Å². The molecule has 6 heteroatoms. The number of hydrogen-bond acceptors (Lipinski definition) is 5. The van der Waals surface area contributed by atoms with Crippen LogP contribution in [0.2, 0.25) is 0 Å². The van der Waals surface area contributed by atoms with Gasteiger partial charge in [0.15, 0.2) is 0 Å². The Morgan fingerprint density at radius 1 is 1.25 bits per heavy atom. The van der Waals surface area contributed by atoms with Crippen LogP contribution in [0.5, 0.6) is 0 Å². The summed E-state index contributed by atoms with van der Waals surface area (Å²) in [5, 5.41) is 14.6. The molecule has 3 N–H and O–H groups in total. The lowest BCUT2D eigenvalue weighted by Gasteiger charge is -2.16. The maximum Gasteiger partial charge on any atom is 0.329 e. The zero-order chi connectivity index (χ0) is 15.0. The van der Waals surface area contributed by atoms with Gasteiger partial charge in [0, 0.05) is 20.0 Å². The highest BCUT2D eigenvalue weighted by Gasteiger charge is 2.19. The van der Waals surface area contributed by atoms with E-state index in [1.807, 2.05) is 24.3 Å². The summed E-state index contributed by atoms with van der Waals surface area (Å²) < 4.78 is 4.62. The van der Waals surface area contributed by atoms with Crippen LogP contribution in [0.25, 0.3) is 0 Å². The molecule has 1 aromatic rings. The summed E-state index contributed by atoms with van der Waals surface area (Å²) in [5.74, 6) is -0.766. The van der Waals surface area contributed by atoms with Crippen molar-refractivity contribution in [3.05, 3.63) is 35.4 Å². The number of rotatable bonds is 7. The number of hydrogen-bond donors (Lipinski definition) is 3. The van der Waals surface area contributed by atoms with Crippen LogP contribution in [-0.4, -0.2) is 36.7 Å². The zero-order valence-electron chi connectivity index (χ0n) is 11.7. The molecule has 1 rings (SSSR count). The maximum absolute atomic E-state index is 11.5. The largest absolute Gasteiger partial charge is 0.467 e. The second kappa shape index (κ2) is 8.29. The lowest BCUT2D eigenvalue weighted by atomic mass is 10.1. The molecule has 0 radical (unpaired) electrons. The van der Waals surface area contributed by atoms with Crippen molar-refractivity contribution in [2.75, 3.05) is 13.7 Å². The number of aliphatic hydroxyl groups is 1. The summed E-state index contributed by atoms with van der Waals surface area (Å²) in [6.07, 6.45) is 0. The fraction of sp³-hybridized carbons (Fsp3) is 0.429. The first kappa shape index (κ1) is 16.1. The number of benzene rings is 1. The second-order valence-electron chi connectivity index (χ2n) is 4.38. The number of ether oxygens (including phenoxy) is 1. The van der Waals surface area contributed by atoms with Crippen LogP contribution >= 0.6 is 0 Å². The van der Waals surface area contributed by atoms with Crippen LogP contribution < -0.4 is 10.6 Å². The van der Waals surface area contributed by atoms with Crippen LogP contribution in [0, 0.1) is 0 Å². The van der Waals surface area contributed by atoms with Gasteiger partial charge in [0.25, 0.3) is 0 Å². The molecule has 6 nitrogen and oxygen atoms in total. The van der Waals surface area contributed by atoms with E-state index in [1.54, 1.807) is 0 Å². The first-order valence-electron chi connectivity index (χ1n) is 6.31. The molecule has 0 saturated carbocycles. The summed E-state index contributed by atoms with van der Waals surface area (Å²) in [7, 11) is 1.28. The highest BCUT2D eigenvalue weighted by molar-refractivity contribution is 5.83. The average Bonchev–Trinajstić information content (AvgIpc) is 2.45. The standard InChI is InChI=1S/C14H20N2O4/c1-10(18)16-13(14(19)20-2)8-15-7-11-3-5-12(9-17)6-4-11/h3-6,13,15,17H,7-9H2,1-2H3,(H,16,18). The van der Waals surface area contributed by atoms with E-state index >= 15 is 0 Å². The highest BCUT2D eigenvalue weighted by Crippen LogP contribution is 2.04. The first-order valence-corrected chi connectivity index (χ1v) is 6.31. The van der Waals surface area contributed by atoms with E-state index in [2.05, 4.69) is 15.4 Å². The molecule has 0 saturated heterocycles. The van der Waals surface area contributed by atoms with Gasteiger partial charge < -0.3 is 20.5 Å². The molecule has 0 aromatic heterocycles. The van der Waals surface area contributed by atoms with Crippen LogP contribution in [-0.2, 0) is 27.5 Å². The van der Waals surface area contributed by atoms with E-state index in [0.717, 1.165) is 11.1 Å². The van der Waals surface area contributed by atoms with Gasteiger partial charge >= 0.3 is 5.97 Å². The number of methoxy groups -OCH3 is 1. The first-order chi connectivity index (χ1) is 9.56. The molecule has 0 bridgehead atoms. The Bertz CT molecular complexity index is 445. The Labute approximate surface area is 118 Å². The number of esters is 1. The fourth-order valence-corrected chi connectivity index (χ4v) is 1.70. The predicted molar refractivity (Wildman–Crippen MR) is 73.7 cm³/mol. The molecule has 0 spiro atoms. The monoisotopic (exact) mass is 280 g/mol. The van der Waals surface area contributed by atoms with Gasteiger partial charge in [-0.15, -0.1) is 0 Å². The summed E-state index contributed by atoms with van der Waals surface area (Å²) in [5.41, 5.74) is 1.87. The van der Waals surface area contributed by atoms with Gasteiger partial charge in [-0.1, -0.05) is 24.3 Å². The number of aliphatic hydroxyl groups excluding tert-OH is 1. The van der Waals surface area contributed by atoms with E-state index in [4.69, 9.17) is 5.11 Å². The Morgan fingerprint density at radius 2 is 1.85 bits per heavy atom. The normalized spacial score (nSPS) is 11.8. The summed E-state index contributed by atoms with van der Waals surface area (Å²) in [6, 6.07) is 6.76. The van der Waals surface area contributed by atoms with Crippen LogP contribution in [0.4, 0.5) is 0 Å². The average molecular weight is 280 g/mol. The van der Waals surface area contributed by atoms with E-state index in [9.17, 15) is 9.59 Å². The van der Waals surface area contributed by atoms with Gasteiger partial charge in [0.1, 0.15) is 6.04 Å². The van der Waals surface area contributed by atoms with Crippen LogP contribution in [0.3, 0.4) is 0 Å². The number of carbonyl (C=O) groups is 2. The minimum absolute atomic E-state index is 0.0145. The summed E-state index contributed by atoms with van der Waals surface area (Å²) >= 11 is 0. The quantitative estimate of drug-likeness (QED) is 0.609. The molecule has 1 atom stereocenters. The number of carbonyl (C=O) groups excluding carboxylic acids is 2. The van der Waals surface area contributed by atoms with Crippen LogP contribution in [0.15, 0.2) is 24.3 Å². The van der Waals surface area contributed by atoms with Crippen molar-refractivity contribution < 1.29 is 19.4 Å². The Kier molecular flexibility index (Phi) is 6.69. The highest BCUT2D eigenvalue weighted by atomic mass is 16.5. The molecule has 1 amide bonds. The van der Waals surface area contributed by atoms with E-state index < -0.39 is 12.0 Å². The molecular weight excluding hydrogens is 260 g/mol. The Balaban J connectivity index is 2.46. The van der Waals surface area contributed by atoms with Gasteiger partial charge in [-0.25, -0.2) is 4.79 Å². The third-order valence-electron chi connectivity index (χ3n) is 2.75. The topological polar surface area (TPSA) is 87.7 Å². The Hall–Kier alpha value is -1.92. The lowest BCUT2D eigenvalue weighted by Crippen LogP contribution is -2.46. The van der Waals surface area contributed by atoms with Gasteiger partial charge in [-0.05, 0) is 11.1 Å². The molecule has 0 aliphatic rings. The second-order valence-corrected chi connectivity index (χ2v) is 4.38. The molecule has 110 valence electrons. The molecule has 0 aliphatic carbocycles. The van der Waals surface area contributed by atoms with E-state index in [-0.39, 0.29) is 19.1 Å². The van der Waals surface area contributed by atoms with Crippen molar-refractivity contribution in [3.8, 4) is 0 Å². The van der Waals surface area contributed by atoms with Crippen molar-refractivity contribution >= 4 is 11.9 Å². The van der Waals surface area contributed by atoms with Crippen LogP contribution in [0.1, 0.15) is 18.1 Å². The number of nitrogens with one attached hydrogen (secondary N) is 2. The fourth-order valence-electron chi connectivity index (χ4n) is 1.70. The van der Waals surface area contributed by atoms with Gasteiger partial charge in [-0.2, -0.15) is 0 Å². The summed E-state index contributed by atoms with van der Waals surface area (Å²) in [6.45, 7) is 2.21. The van der Waals surface area contributed by atoms with Crippen molar-refractivity contribution in [2.45, 2.75) is 26.1 Å². The van der Waals surface area contributed by atoms with Gasteiger partial charge in [0.2, 0.25) is 5.91 Å². The van der Waals surface area contributed by atoms with Crippen molar-refractivity contribution in [2.24, 2.45) is 0 Å². The third kappa shape index (κ3) is 5.38. The molecular formula is C14H20N2O4. The van der Waals surface area contributed by atoms with Gasteiger partial charge in [-0.3, -0.25) is 4.79 Å². The smallest absolute Gasteiger partial charge is 0.329 e. The molecule has 0 heterocycles. The van der Waals surface area contributed by atoms with Crippen molar-refractivity contribution in [1.82, 2.24) is 10.6 Å². The zero-order valence-corrected chi connectivity index (χ0v) is 11.7. The minimum Gasteiger partial charge on any atom is -0.467 e. The van der Waals surface area contributed by atoms with Crippen molar-refractivity contribution in [1.29, 1.82) is 0 Å². The molecule has 1 unspecified atom stereocenters. The van der Waals surface area contributed by atoms with Gasteiger partial charge in [0.05, 0.1) is 13.7 Å². The molecule has 20 heavy (non-hydrogen) atoms. The maximum atomic E-state index is 11.5. The number of amides is 1. The molecule has 1 aromatic carbocycles. The SMILES string of the molecule is COC(=O)C(CNCc1ccc(CO)cc1)NC(C)=O. The predicted octanol–water partition coefficient (Wildman–Crippen LogP) is -0.0538. The molecule has 0 aliphatic heterocycles. The third-order valence-corrected chi connectivity index (χ3v) is 2.75. The molecule has 0 fully saturated rings. The van der Waals surface area contributed by atoms with E-state index in [1.165, 1.54) is 14.0 Å². The lowest BCUT2D eigenvalue weighted by molar-refractivity contribution is -0.144. The van der Waals surface area contributed by atoms with E-state index in [0.29, 0.717) is 6.54 Å². The Morgan fingerprint density at radius 3 is 2.35 bits per heavy atom.